The molecule has 0 atom stereocenters. The SMILES string of the molecule is CCCCCCOc1ccc(NCCNc2cccc(OC)c2)cc1. The van der Waals surface area contributed by atoms with Crippen LogP contribution in [0.1, 0.15) is 32.6 Å². The summed E-state index contributed by atoms with van der Waals surface area (Å²) in [5.74, 6) is 1.81. The third-order valence-electron chi connectivity index (χ3n) is 3.97. The molecule has 4 nitrogen and oxygen atoms in total. The molecule has 0 radical (unpaired) electrons. The first kappa shape index (κ1) is 19.0. The van der Waals surface area contributed by atoms with Crippen LogP contribution >= 0.6 is 0 Å². The predicted octanol–water partition coefficient (Wildman–Crippen LogP) is 5.18. The summed E-state index contributed by atoms with van der Waals surface area (Å²) in [5, 5.41) is 6.78. The number of hydrogen-bond donors (Lipinski definition) is 2. The van der Waals surface area contributed by atoms with E-state index in [1.165, 1.54) is 19.3 Å². The summed E-state index contributed by atoms with van der Waals surface area (Å²) in [6, 6.07) is 16.1. The fourth-order valence-corrected chi connectivity index (χ4v) is 2.53. The van der Waals surface area contributed by atoms with Gasteiger partial charge in [-0.3, -0.25) is 0 Å². The highest BCUT2D eigenvalue weighted by molar-refractivity contribution is 5.49. The Hall–Kier alpha value is -2.36. The molecule has 2 N–H and O–H groups in total. The van der Waals surface area contributed by atoms with Crippen LogP contribution in [0.25, 0.3) is 0 Å². The summed E-state index contributed by atoms with van der Waals surface area (Å²) in [5.41, 5.74) is 2.17. The second-order valence-electron chi connectivity index (χ2n) is 6.02. The summed E-state index contributed by atoms with van der Waals surface area (Å²) in [7, 11) is 1.68. The van der Waals surface area contributed by atoms with Gasteiger partial charge in [0.2, 0.25) is 0 Å². The van der Waals surface area contributed by atoms with E-state index in [4.69, 9.17) is 9.47 Å². The van der Waals surface area contributed by atoms with Crippen molar-refractivity contribution in [3.8, 4) is 11.5 Å². The molecule has 2 aromatic rings. The van der Waals surface area contributed by atoms with Crippen LogP contribution in [0.15, 0.2) is 48.5 Å². The van der Waals surface area contributed by atoms with Crippen molar-refractivity contribution in [2.45, 2.75) is 32.6 Å². The fourth-order valence-electron chi connectivity index (χ4n) is 2.53. The number of nitrogens with one attached hydrogen (secondary N) is 2. The quantitative estimate of drug-likeness (QED) is 0.522. The van der Waals surface area contributed by atoms with Crippen LogP contribution in [0.4, 0.5) is 11.4 Å². The molecular weight excluding hydrogens is 312 g/mol. The fraction of sp³-hybridized carbons (Fsp3) is 0.429. The van der Waals surface area contributed by atoms with Crippen molar-refractivity contribution < 1.29 is 9.47 Å². The Kier molecular flexibility index (Phi) is 8.53. The lowest BCUT2D eigenvalue weighted by Gasteiger charge is -2.11. The van der Waals surface area contributed by atoms with Gasteiger partial charge < -0.3 is 20.1 Å². The molecule has 0 unspecified atom stereocenters. The van der Waals surface area contributed by atoms with Crippen molar-refractivity contribution in [1.29, 1.82) is 0 Å². The Morgan fingerprint density at radius 3 is 2.28 bits per heavy atom. The molecule has 2 aromatic carbocycles. The number of benzene rings is 2. The number of ether oxygens (including phenoxy) is 2. The molecule has 0 aliphatic carbocycles. The Morgan fingerprint density at radius 1 is 0.800 bits per heavy atom. The van der Waals surface area contributed by atoms with Gasteiger partial charge in [0.05, 0.1) is 13.7 Å². The maximum atomic E-state index is 5.76. The summed E-state index contributed by atoms with van der Waals surface area (Å²) in [6.45, 7) is 4.70. The van der Waals surface area contributed by atoms with E-state index < -0.39 is 0 Å². The van der Waals surface area contributed by atoms with Gasteiger partial charge in [-0.1, -0.05) is 32.3 Å². The third-order valence-corrected chi connectivity index (χ3v) is 3.97. The Morgan fingerprint density at radius 2 is 1.56 bits per heavy atom. The molecule has 4 heteroatoms. The number of unbranched alkanes of at least 4 members (excludes halogenated alkanes) is 3. The summed E-state index contributed by atoms with van der Waals surface area (Å²) in [6.07, 6.45) is 4.92. The lowest BCUT2D eigenvalue weighted by atomic mass is 10.2. The zero-order valence-corrected chi connectivity index (χ0v) is 15.4. The first-order chi connectivity index (χ1) is 12.3. The van der Waals surface area contributed by atoms with Gasteiger partial charge in [0.15, 0.2) is 0 Å². The molecule has 0 bridgehead atoms. The average Bonchev–Trinajstić information content (AvgIpc) is 2.66. The lowest BCUT2D eigenvalue weighted by Crippen LogP contribution is -2.13. The monoisotopic (exact) mass is 342 g/mol. The van der Waals surface area contributed by atoms with Crippen LogP contribution in [0.5, 0.6) is 11.5 Å². The molecule has 0 heterocycles. The van der Waals surface area contributed by atoms with Gasteiger partial charge in [-0.25, -0.2) is 0 Å². The molecule has 0 amide bonds. The topological polar surface area (TPSA) is 42.5 Å². The molecule has 0 spiro atoms. The van der Waals surface area contributed by atoms with E-state index in [2.05, 4.69) is 29.7 Å². The molecule has 0 aliphatic rings. The normalized spacial score (nSPS) is 10.3. The van der Waals surface area contributed by atoms with Gasteiger partial charge >= 0.3 is 0 Å². The Labute approximate surface area is 151 Å². The van der Waals surface area contributed by atoms with Crippen LogP contribution in [0.3, 0.4) is 0 Å². The van der Waals surface area contributed by atoms with E-state index in [9.17, 15) is 0 Å². The number of methoxy groups -OCH3 is 1. The van der Waals surface area contributed by atoms with Crippen LogP contribution in [-0.4, -0.2) is 26.8 Å². The van der Waals surface area contributed by atoms with Gasteiger partial charge in [-0.2, -0.15) is 0 Å². The lowest BCUT2D eigenvalue weighted by molar-refractivity contribution is 0.305. The highest BCUT2D eigenvalue weighted by atomic mass is 16.5. The first-order valence-electron chi connectivity index (χ1n) is 9.16. The number of anilines is 2. The zero-order valence-electron chi connectivity index (χ0n) is 15.4. The molecule has 0 aliphatic heterocycles. The Balaban J connectivity index is 1.64. The smallest absolute Gasteiger partial charge is 0.120 e. The van der Waals surface area contributed by atoms with Crippen LogP contribution < -0.4 is 20.1 Å². The molecule has 2 rings (SSSR count). The van der Waals surface area contributed by atoms with Crippen molar-refractivity contribution in [1.82, 2.24) is 0 Å². The highest BCUT2D eigenvalue weighted by Gasteiger charge is 1.97. The molecule has 0 aromatic heterocycles. The van der Waals surface area contributed by atoms with Crippen molar-refractivity contribution in [2.75, 3.05) is 37.4 Å². The van der Waals surface area contributed by atoms with Gasteiger partial charge in [0, 0.05) is 30.5 Å². The highest BCUT2D eigenvalue weighted by Crippen LogP contribution is 2.17. The van der Waals surface area contributed by atoms with Crippen LogP contribution in [0.2, 0.25) is 0 Å². The molecular formula is C21H30N2O2. The number of rotatable bonds is 12. The van der Waals surface area contributed by atoms with Crippen molar-refractivity contribution in [3.05, 3.63) is 48.5 Å². The maximum Gasteiger partial charge on any atom is 0.120 e. The van der Waals surface area contributed by atoms with Crippen LogP contribution in [0, 0.1) is 0 Å². The van der Waals surface area contributed by atoms with Crippen molar-refractivity contribution in [3.63, 3.8) is 0 Å². The van der Waals surface area contributed by atoms with E-state index in [-0.39, 0.29) is 0 Å². The second-order valence-corrected chi connectivity index (χ2v) is 6.02. The molecule has 25 heavy (non-hydrogen) atoms. The van der Waals surface area contributed by atoms with Gasteiger partial charge in [0.1, 0.15) is 11.5 Å². The van der Waals surface area contributed by atoms with E-state index in [1.807, 2.05) is 36.4 Å². The predicted molar refractivity (Wildman–Crippen MR) is 106 cm³/mol. The van der Waals surface area contributed by atoms with Gasteiger partial charge in [-0.05, 0) is 42.8 Å². The minimum Gasteiger partial charge on any atom is -0.497 e. The van der Waals surface area contributed by atoms with E-state index in [1.54, 1.807) is 7.11 Å². The standard InChI is InChI=1S/C21H30N2O2/c1-3-4-5-6-16-25-20-12-10-18(11-13-20)22-14-15-23-19-8-7-9-21(17-19)24-2/h7-13,17,22-23H,3-6,14-16H2,1-2H3. The van der Waals surface area contributed by atoms with Crippen LogP contribution in [-0.2, 0) is 0 Å². The summed E-state index contributed by atoms with van der Waals surface area (Å²) < 4.78 is 11.0. The van der Waals surface area contributed by atoms with Gasteiger partial charge in [-0.15, -0.1) is 0 Å². The first-order valence-corrected chi connectivity index (χ1v) is 9.16. The second kappa shape index (κ2) is 11.2. The molecule has 0 saturated carbocycles. The average molecular weight is 342 g/mol. The maximum absolute atomic E-state index is 5.76. The summed E-state index contributed by atoms with van der Waals surface area (Å²) >= 11 is 0. The van der Waals surface area contributed by atoms with Gasteiger partial charge in [0.25, 0.3) is 0 Å². The molecule has 0 fully saturated rings. The molecule has 136 valence electrons. The third kappa shape index (κ3) is 7.38. The number of hydrogen-bond acceptors (Lipinski definition) is 4. The molecule has 0 saturated heterocycles. The minimum atomic E-state index is 0.803. The summed E-state index contributed by atoms with van der Waals surface area (Å²) in [4.78, 5) is 0. The minimum absolute atomic E-state index is 0.803. The largest absolute Gasteiger partial charge is 0.497 e. The zero-order chi connectivity index (χ0) is 17.7. The van der Waals surface area contributed by atoms with Crippen molar-refractivity contribution >= 4 is 11.4 Å². The van der Waals surface area contributed by atoms with E-state index in [0.29, 0.717) is 0 Å². The van der Waals surface area contributed by atoms with E-state index >= 15 is 0 Å². The Bertz CT molecular complexity index is 599. The van der Waals surface area contributed by atoms with Crippen molar-refractivity contribution in [2.24, 2.45) is 0 Å². The van der Waals surface area contributed by atoms with E-state index in [0.717, 1.165) is 49.0 Å².